The first-order valence-corrected chi connectivity index (χ1v) is 8.15. The van der Waals surface area contributed by atoms with Crippen LogP contribution in [0, 0.1) is 6.92 Å². The number of benzene rings is 1. The minimum Gasteiger partial charge on any atom is -0.489 e. The van der Waals surface area contributed by atoms with Crippen molar-refractivity contribution < 1.29 is 9.53 Å². The van der Waals surface area contributed by atoms with Crippen molar-refractivity contribution in [2.24, 2.45) is 0 Å². The van der Waals surface area contributed by atoms with Gasteiger partial charge in [0.2, 0.25) is 0 Å². The van der Waals surface area contributed by atoms with Gasteiger partial charge in [-0.3, -0.25) is 14.8 Å². The minimum absolute atomic E-state index is 0.0483. The zero-order chi connectivity index (χ0) is 17.2. The van der Waals surface area contributed by atoms with E-state index in [1.165, 1.54) is 0 Å². The molecule has 5 heteroatoms. The Labute approximate surface area is 145 Å². The quantitative estimate of drug-likeness (QED) is 0.721. The van der Waals surface area contributed by atoms with Gasteiger partial charge in [0, 0.05) is 29.6 Å². The van der Waals surface area contributed by atoms with E-state index in [4.69, 9.17) is 4.74 Å². The Morgan fingerprint density at radius 1 is 1.12 bits per heavy atom. The molecule has 0 radical (unpaired) electrons. The van der Waals surface area contributed by atoms with E-state index >= 15 is 0 Å². The van der Waals surface area contributed by atoms with E-state index in [0.29, 0.717) is 30.2 Å². The zero-order valence-corrected chi connectivity index (χ0v) is 13.8. The lowest BCUT2D eigenvalue weighted by molar-refractivity contribution is 0.0976. The van der Waals surface area contributed by atoms with Crippen molar-refractivity contribution in [3.8, 4) is 17.0 Å². The highest BCUT2D eigenvalue weighted by molar-refractivity contribution is 6.08. The molecule has 0 saturated carbocycles. The van der Waals surface area contributed by atoms with Gasteiger partial charge in [-0.1, -0.05) is 18.2 Å². The van der Waals surface area contributed by atoms with Gasteiger partial charge >= 0.3 is 0 Å². The third kappa shape index (κ3) is 2.74. The topological polar surface area (TPSA) is 55.3 Å². The molecule has 0 aliphatic carbocycles. The predicted octanol–water partition coefficient (Wildman–Crippen LogP) is 3.49. The van der Waals surface area contributed by atoms with Crippen molar-refractivity contribution >= 4 is 11.6 Å². The lowest BCUT2D eigenvalue weighted by Gasteiger charge is -2.29. The molecule has 0 N–H and O–H groups in total. The van der Waals surface area contributed by atoms with Gasteiger partial charge in [0.15, 0.2) is 0 Å². The summed E-state index contributed by atoms with van der Waals surface area (Å²) in [7, 11) is 0. The number of aromatic nitrogens is 2. The standard InChI is InChI=1S/C20H17N3O2/c1-14-15(17-7-2-3-9-22-17)5-4-6-16(14)20(24)23-11-12-25-19-8-10-21-13-18(19)23/h2-10,13H,11-12H2,1H3. The second-order valence-corrected chi connectivity index (χ2v) is 5.84. The van der Waals surface area contributed by atoms with Crippen LogP contribution in [0.15, 0.2) is 61.1 Å². The molecule has 0 saturated heterocycles. The van der Waals surface area contributed by atoms with Crippen LogP contribution in [0.4, 0.5) is 5.69 Å². The highest BCUT2D eigenvalue weighted by Gasteiger charge is 2.26. The van der Waals surface area contributed by atoms with Crippen molar-refractivity contribution in [2.75, 3.05) is 18.1 Å². The molecule has 0 unspecified atom stereocenters. The summed E-state index contributed by atoms with van der Waals surface area (Å²) in [6.45, 7) is 2.94. The minimum atomic E-state index is -0.0483. The number of anilines is 1. The number of amides is 1. The lowest BCUT2D eigenvalue weighted by Crippen LogP contribution is -2.38. The molecule has 0 spiro atoms. The van der Waals surface area contributed by atoms with Gasteiger partial charge in [0.05, 0.1) is 18.4 Å². The Morgan fingerprint density at radius 2 is 2.04 bits per heavy atom. The SMILES string of the molecule is Cc1c(C(=O)N2CCOc3ccncc32)cccc1-c1ccccn1. The Kier molecular flexibility index (Phi) is 3.90. The van der Waals surface area contributed by atoms with Crippen molar-refractivity contribution in [3.63, 3.8) is 0 Å². The summed E-state index contributed by atoms with van der Waals surface area (Å²) >= 11 is 0. The molecule has 3 aromatic rings. The summed E-state index contributed by atoms with van der Waals surface area (Å²) in [6.07, 6.45) is 5.09. The first-order valence-electron chi connectivity index (χ1n) is 8.15. The average Bonchev–Trinajstić information content (AvgIpc) is 2.68. The first-order chi connectivity index (χ1) is 12.3. The van der Waals surface area contributed by atoms with Crippen LogP contribution in [0.3, 0.4) is 0 Å². The smallest absolute Gasteiger partial charge is 0.258 e. The van der Waals surface area contributed by atoms with Crippen LogP contribution in [0.1, 0.15) is 15.9 Å². The van der Waals surface area contributed by atoms with Gasteiger partial charge in [0.25, 0.3) is 5.91 Å². The molecule has 124 valence electrons. The summed E-state index contributed by atoms with van der Waals surface area (Å²) < 4.78 is 5.62. The van der Waals surface area contributed by atoms with Crippen LogP contribution in [-0.2, 0) is 0 Å². The molecule has 3 heterocycles. The number of hydrogen-bond donors (Lipinski definition) is 0. The predicted molar refractivity (Wildman–Crippen MR) is 95.8 cm³/mol. The van der Waals surface area contributed by atoms with Crippen LogP contribution in [0.25, 0.3) is 11.3 Å². The van der Waals surface area contributed by atoms with E-state index in [9.17, 15) is 4.79 Å². The zero-order valence-electron chi connectivity index (χ0n) is 13.8. The fourth-order valence-electron chi connectivity index (χ4n) is 3.09. The van der Waals surface area contributed by atoms with Crippen LogP contribution in [0.2, 0.25) is 0 Å². The third-order valence-corrected chi connectivity index (χ3v) is 4.37. The Bertz CT molecular complexity index is 925. The Morgan fingerprint density at radius 3 is 2.88 bits per heavy atom. The first kappa shape index (κ1) is 15.3. The number of pyridine rings is 2. The molecule has 4 rings (SSSR count). The normalized spacial score (nSPS) is 13.1. The highest BCUT2D eigenvalue weighted by Crippen LogP contribution is 2.32. The van der Waals surface area contributed by atoms with E-state index in [1.54, 1.807) is 29.6 Å². The number of nitrogens with zero attached hydrogens (tertiary/aromatic N) is 3. The van der Waals surface area contributed by atoms with Crippen molar-refractivity contribution in [1.82, 2.24) is 9.97 Å². The van der Waals surface area contributed by atoms with Gasteiger partial charge in [-0.05, 0) is 30.7 Å². The van der Waals surface area contributed by atoms with Crippen LogP contribution in [0.5, 0.6) is 5.75 Å². The van der Waals surface area contributed by atoms with Gasteiger partial charge < -0.3 is 9.64 Å². The highest BCUT2D eigenvalue weighted by atomic mass is 16.5. The third-order valence-electron chi connectivity index (χ3n) is 4.37. The monoisotopic (exact) mass is 331 g/mol. The maximum atomic E-state index is 13.2. The van der Waals surface area contributed by atoms with E-state index in [0.717, 1.165) is 16.8 Å². The number of ether oxygens (including phenoxy) is 1. The maximum Gasteiger partial charge on any atom is 0.258 e. The number of rotatable bonds is 2. The number of carbonyl (C=O) groups is 1. The van der Waals surface area contributed by atoms with Gasteiger partial charge in [-0.25, -0.2) is 0 Å². The fraction of sp³-hybridized carbons (Fsp3) is 0.150. The fourth-order valence-corrected chi connectivity index (χ4v) is 3.09. The largest absolute Gasteiger partial charge is 0.489 e. The summed E-state index contributed by atoms with van der Waals surface area (Å²) in [4.78, 5) is 23.5. The summed E-state index contributed by atoms with van der Waals surface area (Å²) in [5.74, 6) is 0.640. The van der Waals surface area contributed by atoms with Gasteiger partial charge in [-0.2, -0.15) is 0 Å². The van der Waals surface area contributed by atoms with Crippen molar-refractivity contribution in [3.05, 3.63) is 72.2 Å². The van der Waals surface area contributed by atoms with Crippen LogP contribution in [-0.4, -0.2) is 29.0 Å². The van der Waals surface area contributed by atoms with Crippen LogP contribution < -0.4 is 9.64 Å². The molecular formula is C20H17N3O2. The average molecular weight is 331 g/mol. The Hall–Kier alpha value is -3.21. The van der Waals surface area contributed by atoms with Crippen molar-refractivity contribution in [2.45, 2.75) is 6.92 Å². The molecule has 25 heavy (non-hydrogen) atoms. The van der Waals surface area contributed by atoms with Crippen LogP contribution >= 0.6 is 0 Å². The molecule has 5 nitrogen and oxygen atoms in total. The molecule has 0 bridgehead atoms. The van der Waals surface area contributed by atoms with Gasteiger partial charge in [0.1, 0.15) is 18.0 Å². The van der Waals surface area contributed by atoms with E-state index in [1.807, 2.05) is 43.3 Å². The lowest BCUT2D eigenvalue weighted by atomic mass is 9.98. The molecule has 0 fully saturated rings. The van der Waals surface area contributed by atoms with E-state index in [-0.39, 0.29) is 5.91 Å². The molecule has 2 aromatic heterocycles. The molecule has 1 aliphatic heterocycles. The number of fused-ring (bicyclic) bond motifs is 1. The Balaban J connectivity index is 1.75. The van der Waals surface area contributed by atoms with E-state index < -0.39 is 0 Å². The van der Waals surface area contributed by atoms with Crippen molar-refractivity contribution in [1.29, 1.82) is 0 Å². The maximum absolute atomic E-state index is 13.2. The molecule has 1 aliphatic rings. The summed E-state index contributed by atoms with van der Waals surface area (Å²) in [6, 6.07) is 13.3. The molecular weight excluding hydrogens is 314 g/mol. The summed E-state index contributed by atoms with van der Waals surface area (Å²) in [5.41, 5.74) is 4.12. The molecule has 1 aromatic carbocycles. The number of hydrogen-bond acceptors (Lipinski definition) is 4. The number of carbonyl (C=O) groups excluding carboxylic acids is 1. The van der Waals surface area contributed by atoms with Gasteiger partial charge in [-0.15, -0.1) is 0 Å². The molecule has 0 atom stereocenters. The second kappa shape index (κ2) is 6.36. The van der Waals surface area contributed by atoms with E-state index in [2.05, 4.69) is 9.97 Å². The summed E-state index contributed by atoms with van der Waals surface area (Å²) in [5, 5.41) is 0. The molecule has 1 amide bonds. The second-order valence-electron chi connectivity index (χ2n) is 5.84.